The Morgan fingerprint density at radius 3 is 2.53 bits per heavy atom. The predicted molar refractivity (Wildman–Crippen MR) is 121 cm³/mol. The zero-order valence-corrected chi connectivity index (χ0v) is 18.9. The molecule has 6 nitrogen and oxygen atoms in total. The van der Waals surface area contributed by atoms with Crippen LogP contribution in [0.4, 0.5) is 13.2 Å². The summed E-state index contributed by atoms with van der Waals surface area (Å²) < 4.78 is 42.3. The molecule has 10 heteroatoms. The van der Waals surface area contributed by atoms with Crippen LogP contribution in [0.5, 0.6) is 0 Å². The number of carbonyl (C=O) groups excluding carboxylic acids is 1. The van der Waals surface area contributed by atoms with Gasteiger partial charge in [0.1, 0.15) is 5.15 Å². The van der Waals surface area contributed by atoms with Crippen LogP contribution < -0.4 is 5.32 Å². The van der Waals surface area contributed by atoms with Gasteiger partial charge in [-0.3, -0.25) is 9.59 Å². The molecule has 1 saturated carbocycles. The smallest absolute Gasteiger partial charge is 0.416 e. The SMILES string of the molecule is O=C(NC[C@H]1CC[C@H](C(=O)O)CC1)c1cc(C(F)(F)F)cc2ccn(Cc3cccc(Cl)n3)c12. The lowest BCUT2D eigenvalue weighted by atomic mass is 9.82. The third-order valence-corrected chi connectivity index (χ3v) is 6.50. The van der Waals surface area contributed by atoms with Crippen molar-refractivity contribution in [3.8, 4) is 0 Å². The van der Waals surface area contributed by atoms with Crippen LogP contribution in [-0.2, 0) is 17.5 Å². The number of hydrogen-bond acceptors (Lipinski definition) is 3. The van der Waals surface area contributed by atoms with Crippen molar-refractivity contribution in [3.05, 3.63) is 64.6 Å². The molecule has 0 bridgehead atoms. The van der Waals surface area contributed by atoms with Gasteiger partial charge in [0.05, 0.1) is 34.8 Å². The van der Waals surface area contributed by atoms with Crippen molar-refractivity contribution in [2.75, 3.05) is 6.54 Å². The van der Waals surface area contributed by atoms with E-state index in [1.807, 2.05) is 0 Å². The van der Waals surface area contributed by atoms with Crippen LogP contribution in [0.15, 0.2) is 42.6 Å². The van der Waals surface area contributed by atoms with Gasteiger partial charge in [0.2, 0.25) is 0 Å². The first kappa shape index (κ1) is 24.1. The van der Waals surface area contributed by atoms with E-state index in [1.165, 1.54) is 0 Å². The Morgan fingerprint density at radius 2 is 1.88 bits per heavy atom. The summed E-state index contributed by atoms with van der Waals surface area (Å²) in [5, 5.41) is 12.5. The Balaban J connectivity index is 1.60. The van der Waals surface area contributed by atoms with Gasteiger partial charge in [-0.2, -0.15) is 13.2 Å². The second kappa shape index (κ2) is 9.66. The average Bonchev–Trinajstić information content (AvgIpc) is 3.19. The molecule has 2 N–H and O–H groups in total. The molecule has 0 unspecified atom stereocenters. The first-order chi connectivity index (χ1) is 16.1. The maximum Gasteiger partial charge on any atom is 0.416 e. The molecule has 1 aromatic carbocycles. The van der Waals surface area contributed by atoms with Crippen molar-refractivity contribution in [1.82, 2.24) is 14.9 Å². The number of carboxylic acid groups (broad SMARTS) is 1. The van der Waals surface area contributed by atoms with Gasteiger partial charge in [0.15, 0.2) is 0 Å². The topological polar surface area (TPSA) is 84.2 Å². The molecule has 0 aliphatic heterocycles. The van der Waals surface area contributed by atoms with E-state index >= 15 is 0 Å². The van der Waals surface area contributed by atoms with Crippen LogP contribution in [0.1, 0.15) is 47.3 Å². The van der Waals surface area contributed by atoms with E-state index in [9.17, 15) is 22.8 Å². The second-order valence-electron chi connectivity index (χ2n) is 8.62. The summed E-state index contributed by atoms with van der Waals surface area (Å²) in [5.41, 5.74) is 0.00938. The van der Waals surface area contributed by atoms with Crippen LogP contribution >= 0.6 is 11.6 Å². The van der Waals surface area contributed by atoms with Gasteiger partial charge in [0, 0.05) is 18.1 Å². The standard InChI is InChI=1S/C24H23ClF3N3O3/c25-20-3-1-2-18(30-20)13-31-9-8-16-10-17(24(26,27)28)11-19(21(16)31)22(32)29-12-14-4-6-15(7-5-14)23(33)34/h1-3,8-11,14-15H,4-7,12-13H2,(H,29,32)(H,33,34)/t14-,15-. The maximum atomic E-state index is 13.5. The molecule has 1 fully saturated rings. The minimum Gasteiger partial charge on any atom is -0.481 e. The van der Waals surface area contributed by atoms with Crippen molar-refractivity contribution in [3.63, 3.8) is 0 Å². The number of hydrogen-bond donors (Lipinski definition) is 2. The van der Waals surface area contributed by atoms with E-state index in [4.69, 9.17) is 16.7 Å². The quantitative estimate of drug-likeness (QED) is 0.452. The minimum atomic E-state index is -4.60. The van der Waals surface area contributed by atoms with Crippen LogP contribution in [0, 0.1) is 11.8 Å². The number of pyridine rings is 1. The summed E-state index contributed by atoms with van der Waals surface area (Å²) in [6.07, 6.45) is -0.636. The molecule has 4 rings (SSSR count). The Hall–Kier alpha value is -3.07. The Labute approximate surface area is 198 Å². The summed E-state index contributed by atoms with van der Waals surface area (Å²) in [6, 6.07) is 8.54. The number of carbonyl (C=O) groups is 2. The van der Waals surface area contributed by atoms with Gasteiger partial charge in [0.25, 0.3) is 5.91 Å². The fourth-order valence-electron chi connectivity index (χ4n) is 4.48. The molecular weight excluding hydrogens is 471 g/mol. The Kier molecular flexibility index (Phi) is 6.84. The fourth-order valence-corrected chi connectivity index (χ4v) is 4.66. The number of amides is 1. The van der Waals surface area contributed by atoms with Crippen LogP contribution in [0.25, 0.3) is 10.9 Å². The largest absolute Gasteiger partial charge is 0.481 e. The normalized spacial score (nSPS) is 18.7. The predicted octanol–water partition coefficient (Wildman–Crippen LogP) is 5.38. The number of alkyl halides is 3. The van der Waals surface area contributed by atoms with Gasteiger partial charge in [-0.05, 0) is 61.9 Å². The number of halogens is 4. The highest BCUT2D eigenvalue weighted by molar-refractivity contribution is 6.29. The number of nitrogens with one attached hydrogen (secondary N) is 1. The molecular formula is C24H23ClF3N3O3. The van der Waals surface area contributed by atoms with Crippen molar-refractivity contribution in [1.29, 1.82) is 0 Å². The first-order valence-corrected chi connectivity index (χ1v) is 11.3. The lowest BCUT2D eigenvalue weighted by Gasteiger charge is -2.26. The summed E-state index contributed by atoms with van der Waals surface area (Å²) in [6.45, 7) is 0.508. The van der Waals surface area contributed by atoms with E-state index in [2.05, 4.69) is 10.3 Å². The van der Waals surface area contributed by atoms with E-state index < -0.39 is 23.6 Å². The third-order valence-electron chi connectivity index (χ3n) is 6.29. The second-order valence-corrected chi connectivity index (χ2v) is 9.01. The average molecular weight is 494 g/mol. The number of nitrogens with zero attached hydrogens (tertiary/aromatic N) is 2. The highest BCUT2D eigenvalue weighted by Gasteiger charge is 2.33. The molecule has 0 atom stereocenters. The highest BCUT2D eigenvalue weighted by atomic mass is 35.5. The summed E-state index contributed by atoms with van der Waals surface area (Å²) in [7, 11) is 0. The van der Waals surface area contributed by atoms with Gasteiger partial charge < -0.3 is 15.0 Å². The first-order valence-electron chi connectivity index (χ1n) is 10.9. The van der Waals surface area contributed by atoms with Crippen LogP contribution in [0.2, 0.25) is 5.15 Å². The summed E-state index contributed by atoms with van der Waals surface area (Å²) in [5.74, 6) is -1.71. The molecule has 34 heavy (non-hydrogen) atoms. The number of carboxylic acids is 1. The molecule has 2 heterocycles. The molecule has 1 aliphatic rings. The fraction of sp³-hybridized carbons (Fsp3) is 0.375. The van der Waals surface area contributed by atoms with E-state index in [-0.39, 0.29) is 30.5 Å². The monoisotopic (exact) mass is 493 g/mol. The van der Waals surface area contributed by atoms with Crippen molar-refractivity contribution >= 4 is 34.4 Å². The van der Waals surface area contributed by atoms with E-state index in [1.54, 1.807) is 35.0 Å². The van der Waals surface area contributed by atoms with Crippen LogP contribution in [-0.4, -0.2) is 33.1 Å². The lowest BCUT2D eigenvalue weighted by Crippen LogP contribution is -2.32. The molecule has 180 valence electrons. The highest BCUT2D eigenvalue weighted by Crippen LogP contribution is 2.34. The Bertz CT molecular complexity index is 1220. The van der Waals surface area contributed by atoms with Crippen molar-refractivity contribution in [2.24, 2.45) is 11.8 Å². The molecule has 1 amide bonds. The van der Waals surface area contributed by atoms with Gasteiger partial charge in [-0.1, -0.05) is 17.7 Å². The lowest BCUT2D eigenvalue weighted by molar-refractivity contribution is -0.143. The maximum absolute atomic E-state index is 13.5. The molecule has 1 aliphatic carbocycles. The number of rotatable bonds is 6. The molecule has 0 spiro atoms. The molecule has 0 saturated heterocycles. The zero-order chi connectivity index (χ0) is 24.5. The molecule has 2 aromatic heterocycles. The molecule has 3 aromatic rings. The van der Waals surface area contributed by atoms with Gasteiger partial charge >= 0.3 is 12.1 Å². The van der Waals surface area contributed by atoms with Gasteiger partial charge in [-0.15, -0.1) is 0 Å². The van der Waals surface area contributed by atoms with Gasteiger partial charge in [-0.25, -0.2) is 4.98 Å². The van der Waals surface area contributed by atoms with Crippen molar-refractivity contribution in [2.45, 2.75) is 38.4 Å². The Morgan fingerprint density at radius 1 is 1.15 bits per heavy atom. The third kappa shape index (κ3) is 5.35. The number of benzene rings is 1. The summed E-state index contributed by atoms with van der Waals surface area (Å²) >= 11 is 5.96. The minimum absolute atomic E-state index is 0.0731. The zero-order valence-electron chi connectivity index (χ0n) is 18.1. The van der Waals surface area contributed by atoms with Crippen molar-refractivity contribution < 1.29 is 27.9 Å². The number of aliphatic carboxylic acids is 1. The van der Waals surface area contributed by atoms with Crippen LogP contribution in [0.3, 0.4) is 0 Å². The number of aromatic nitrogens is 2. The van der Waals surface area contributed by atoms with E-state index in [0.717, 1.165) is 12.1 Å². The number of fused-ring (bicyclic) bond motifs is 1. The summed E-state index contributed by atoms with van der Waals surface area (Å²) in [4.78, 5) is 28.4. The van der Waals surface area contributed by atoms with E-state index in [0.29, 0.717) is 47.4 Å². The molecule has 0 radical (unpaired) electrons.